The molecule has 30 heavy (non-hydrogen) atoms. The molecule has 0 saturated carbocycles. The van der Waals surface area contributed by atoms with Crippen molar-refractivity contribution in [2.24, 2.45) is 0 Å². The van der Waals surface area contributed by atoms with Crippen LogP contribution in [0.25, 0.3) is 10.9 Å². The zero-order valence-electron chi connectivity index (χ0n) is 16.5. The summed E-state index contributed by atoms with van der Waals surface area (Å²) in [6.07, 6.45) is -4.75. The lowest BCUT2D eigenvalue weighted by atomic mass is 10.1. The van der Waals surface area contributed by atoms with Crippen LogP contribution in [-0.2, 0) is 11.2 Å². The van der Waals surface area contributed by atoms with Crippen molar-refractivity contribution in [1.29, 1.82) is 0 Å². The SMILES string of the molecule is CNC(=O)Cc1c(C)n(C(=O)c2ccc(OC(F)(F)F)cc2)c2ccc(OC)cc12. The number of aromatic nitrogens is 1. The highest BCUT2D eigenvalue weighted by molar-refractivity contribution is 6.05. The van der Waals surface area contributed by atoms with E-state index in [1.165, 1.54) is 30.9 Å². The van der Waals surface area contributed by atoms with Crippen molar-refractivity contribution in [1.82, 2.24) is 9.88 Å². The number of likely N-dealkylation sites (N-methyl/N-ethyl adjacent to an activating group) is 1. The van der Waals surface area contributed by atoms with Gasteiger partial charge in [0.15, 0.2) is 0 Å². The molecule has 0 saturated heterocycles. The van der Waals surface area contributed by atoms with Crippen molar-refractivity contribution in [2.45, 2.75) is 19.7 Å². The molecule has 0 spiro atoms. The van der Waals surface area contributed by atoms with Crippen LogP contribution in [0.2, 0.25) is 0 Å². The van der Waals surface area contributed by atoms with Gasteiger partial charge in [0, 0.05) is 23.7 Å². The van der Waals surface area contributed by atoms with Crippen LogP contribution in [0.4, 0.5) is 13.2 Å². The third kappa shape index (κ3) is 4.24. The van der Waals surface area contributed by atoms with E-state index >= 15 is 0 Å². The van der Waals surface area contributed by atoms with E-state index in [0.717, 1.165) is 12.1 Å². The summed E-state index contributed by atoms with van der Waals surface area (Å²) in [7, 11) is 3.03. The van der Waals surface area contributed by atoms with Crippen molar-refractivity contribution in [2.75, 3.05) is 14.2 Å². The summed E-state index contributed by atoms with van der Waals surface area (Å²) in [6.45, 7) is 1.71. The number of hydrogen-bond acceptors (Lipinski definition) is 4. The Morgan fingerprint density at radius 1 is 1.07 bits per heavy atom. The molecule has 0 aliphatic heterocycles. The van der Waals surface area contributed by atoms with Gasteiger partial charge in [-0.25, -0.2) is 0 Å². The van der Waals surface area contributed by atoms with E-state index in [4.69, 9.17) is 4.74 Å². The number of benzene rings is 2. The first-order valence-corrected chi connectivity index (χ1v) is 8.93. The first-order valence-electron chi connectivity index (χ1n) is 8.93. The molecule has 0 fully saturated rings. The van der Waals surface area contributed by atoms with Gasteiger partial charge in [0.25, 0.3) is 5.91 Å². The third-order valence-corrected chi connectivity index (χ3v) is 4.70. The molecule has 1 N–H and O–H groups in total. The number of amides is 1. The Morgan fingerprint density at radius 2 is 1.70 bits per heavy atom. The zero-order chi connectivity index (χ0) is 22.1. The Kier molecular flexibility index (Phi) is 5.73. The van der Waals surface area contributed by atoms with Gasteiger partial charge in [-0.05, 0) is 55.0 Å². The second kappa shape index (κ2) is 8.10. The molecule has 3 rings (SSSR count). The lowest BCUT2D eigenvalue weighted by molar-refractivity contribution is -0.274. The molecule has 3 aromatic rings. The molecule has 158 valence electrons. The number of nitrogens with zero attached hydrogens (tertiary/aromatic N) is 1. The fourth-order valence-electron chi connectivity index (χ4n) is 3.25. The van der Waals surface area contributed by atoms with Crippen LogP contribution in [-0.4, -0.2) is 36.9 Å². The highest BCUT2D eigenvalue weighted by atomic mass is 19.4. The summed E-state index contributed by atoms with van der Waals surface area (Å²) >= 11 is 0. The molecule has 9 heteroatoms. The normalized spacial score (nSPS) is 11.4. The van der Waals surface area contributed by atoms with Crippen LogP contribution in [0.5, 0.6) is 11.5 Å². The average Bonchev–Trinajstić information content (AvgIpc) is 2.97. The minimum absolute atomic E-state index is 0.0602. The Labute approximate surface area is 170 Å². The summed E-state index contributed by atoms with van der Waals surface area (Å²) in [6, 6.07) is 9.81. The number of fused-ring (bicyclic) bond motifs is 1. The predicted octanol–water partition coefficient (Wildman–Crippen LogP) is 3.83. The lowest BCUT2D eigenvalue weighted by Gasteiger charge is -2.10. The van der Waals surface area contributed by atoms with Crippen LogP contribution < -0.4 is 14.8 Å². The van der Waals surface area contributed by atoms with E-state index in [1.807, 2.05) is 0 Å². The van der Waals surface area contributed by atoms with Gasteiger partial charge in [-0.1, -0.05) is 0 Å². The maximum Gasteiger partial charge on any atom is 0.573 e. The van der Waals surface area contributed by atoms with Gasteiger partial charge in [-0.15, -0.1) is 13.2 Å². The Hall–Kier alpha value is -3.49. The molecule has 0 bridgehead atoms. The van der Waals surface area contributed by atoms with Crippen molar-refractivity contribution in [3.8, 4) is 11.5 Å². The average molecular weight is 420 g/mol. The Balaban J connectivity index is 2.07. The number of carbonyl (C=O) groups is 2. The lowest BCUT2D eigenvalue weighted by Crippen LogP contribution is -2.21. The van der Waals surface area contributed by atoms with Crippen molar-refractivity contribution in [3.05, 3.63) is 59.3 Å². The number of alkyl halides is 3. The van der Waals surface area contributed by atoms with Gasteiger partial charge in [-0.3, -0.25) is 14.2 Å². The number of ether oxygens (including phenoxy) is 2. The number of hydrogen-bond donors (Lipinski definition) is 1. The molecule has 0 radical (unpaired) electrons. The van der Waals surface area contributed by atoms with E-state index in [1.54, 1.807) is 25.1 Å². The maximum absolute atomic E-state index is 13.2. The van der Waals surface area contributed by atoms with Gasteiger partial charge in [-0.2, -0.15) is 0 Å². The van der Waals surface area contributed by atoms with Gasteiger partial charge in [0.1, 0.15) is 11.5 Å². The van der Waals surface area contributed by atoms with Gasteiger partial charge >= 0.3 is 6.36 Å². The summed E-state index contributed by atoms with van der Waals surface area (Å²) in [4.78, 5) is 25.2. The second-order valence-corrected chi connectivity index (χ2v) is 6.51. The van der Waals surface area contributed by atoms with Crippen molar-refractivity contribution >= 4 is 22.7 Å². The van der Waals surface area contributed by atoms with Crippen molar-refractivity contribution < 1.29 is 32.2 Å². The van der Waals surface area contributed by atoms with Crippen LogP contribution in [0.3, 0.4) is 0 Å². The van der Waals surface area contributed by atoms with Gasteiger partial charge in [0.05, 0.1) is 19.0 Å². The monoisotopic (exact) mass is 420 g/mol. The second-order valence-electron chi connectivity index (χ2n) is 6.51. The summed E-state index contributed by atoms with van der Waals surface area (Å²) in [5.74, 6) is -0.512. The first kappa shape index (κ1) is 21.2. The van der Waals surface area contributed by atoms with Gasteiger partial charge in [0.2, 0.25) is 5.91 Å². The number of halogens is 3. The minimum Gasteiger partial charge on any atom is -0.497 e. The topological polar surface area (TPSA) is 69.6 Å². The third-order valence-electron chi connectivity index (χ3n) is 4.70. The Bertz CT molecular complexity index is 1100. The largest absolute Gasteiger partial charge is 0.573 e. The molecule has 0 atom stereocenters. The highest BCUT2D eigenvalue weighted by Crippen LogP contribution is 2.31. The quantitative estimate of drug-likeness (QED) is 0.681. The molecular weight excluding hydrogens is 401 g/mol. The van der Waals surface area contributed by atoms with Crippen LogP contribution in [0.15, 0.2) is 42.5 Å². The van der Waals surface area contributed by atoms with E-state index < -0.39 is 18.0 Å². The number of nitrogens with one attached hydrogen (secondary N) is 1. The number of carbonyl (C=O) groups excluding carboxylic acids is 2. The smallest absolute Gasteiger partial charge is 0.497 e. The van der Waals surface area contributed by atoms with E-state index in [2.05, 4.69) is 10.1 Å². The number of rotatable bonds is 5. The fourth-order valence-corrected chi connectivity index (χ4v) is 3.25. The molecule has 1 amide bonds. The molecule has 6 nitrogen and oxygen atoms in total. The van der Waals surface area contributed by atoms with Crippen LogP contribution in [0.1, 0.15) is 21.6 Å². The van der Waals surface area contributed by atoms with E-state index in [-0.39, 0.29) is 17.9 Å². The molecule has 2 aromatic carbocycles. The zero-order valence-corrected chi connectivity index (χ0v) is 16.5. The van der Waals surface area contributed by atoms with Crippen LogP contribution in [0, 0.1) is 6.92 Å². The standard InChI is InChI=1S/C21H19F3N2O4/c1-12-16(11-19(27)25-2)17-10-15(29-3)8-9-18(17)26(12)20(28)13-4-6-14(7-5-13)30-21(22,23)24/h4-10H,11H2,1-3H3,(H,25,27). The minimum atomic E-state index is -4.81. The molecular formula is C21H19F3N2O4. The fraction of sp³-hybridized carbons (Fsp3) is 0.238. The summed E-state index contributed by atoms with van der Waals surface area (Å²) < 4.78 is 47.6. The molecule has 1 aromatic heterocycles. The Morgan fingerprint density at radius 3 is 2.27 bits per heavy atom. The molecule has 0 aliphatic carbocycles. The highest BCUT2D eigenvalue weighted by Gasteiger charge is 2.31. The molecule has 1 heterocycles. The van der Waals surface area contributed by atoms with Crippen molar-refractivity contribution in [3.63, 3.8) is 0 Å². The number of methoxy groups -OCH3 is 1. The summed E-state index contributed by atoms with van der Waals surface area (Å²) in [5.41, 5.74) is 1.95. The van der Waals surface area contributed by atoms with Gasteiger partial charge < -0.3 is 14.8 Å². The van der Waals surface area contributed by atoms with E-state index in [0.29, 0.717) is 27.9 Å². The van der Waals surface area contributed by atoms with E-state index in [9.17, 15) is 22.8 Å². The predicted molar refractivity (Wildman–Crippen MR) is 104 cm³/mol. The van der Waals surface area contributed by atoms with Crippen LogP contribution >= 0.6 is 0 Å². The molecule has 0 unspecified atom stereocenters. The summed E-state index contributed by atoms with van der Waals surface area (Å²) in [5, 5.41) is 3.24. The maximum atomic E-state index is 13.2. The first-order chi connectivity index (χ1) is 14.1. The molecule has 0 aliphatic rings.